The summed E-state index contributed by atoms with van der Waals surface area (Å²) < 4.78 is 45.9. The van der Waals surface area contributed by atoms with E-state index in [0.717, 1.165) is 91.1 Å². The Morgan fingerprint density at radius 2 is 1.61 bits per heavy atom. The smallest absolute Gasteiger partial charge is 0.337 e. The summed E-state index contributed by atoms with van der Waals surface area (Å²) in [4.78, 5) is 23.5. The molecule has 0 aliphatic heterocycles. The zero-order valence-corrected chi connectivity index (χ0v) is 18.3. The molecule has 7 nitrogen and oxygen atoms in total. The van der Waals surface area contributed by atoms with Crippen LogP contribution in [-0.2, 0) is 40.4 Å². The predicted molar refractivity (Wildman–Crippen MR) is 113 cm³/mol. The molecule has 2 aromatic carbocycles. The fraction of sp³-hybridized carbons (Fsp3) is 0.333. The van der Waals surface area contributed by atoms with Gasteiger partial charge in [0, 0.05) is 10.7 Å². The first kappa shape index (κ1) is 21.6. The number of carbonyl (C=O) groups is 2. The van der Waals surface area contributed by atoms with E-state index in [1.807, 2.05) is 4.72 Å². The van der Waals surface area contributed by atoms with E-state index in [1.54, 1.807) is 0 Å². The van der Waals surface area contributed by atoms with Gasteiger partial charge < -0.3 is 10.1 Å². The lowest BCUT2D eigenvalue weighted by molar-refractivity contribution is 0.0600. The summed E-state index contributed by atoms with van der Waals surface area (Å²) in [7, 11) is -3.46. The molecular formula is C21H20ClFN2O5S. The van der Waals surface area contributed by atoms with Crippen LogP contribution in [0.5, 0.6) is 0 Å². The van der Waals surface area contributed by atoms with Crippen molar-refractivity contribution in [3.05, 3.63) is 56.9 Å². The molecule has 4 rings (SSSR count). The van der Waals surface area contributed by atoms with Crippen molar-refractivity contribution in [2.75, 3.05) is 12.4 Å². The van der Waals surface area contributed by atoms with Gasteiger partial charge in [-0.1, -0.05) is 11.6 Å². The lowest BCUT2D eigenvalue weighted by atomic mass is 9.98. The Kier molecular flexibility index (Phi) is 5.65. The number of hydrogen-bond donors (Lipinski definition) is 2. The number of benzene rings is 2. The van der Waals surface area contributed by atoms with Crippen LogP contribution in [0.25, 0.3) is 0 Å². The molecular weight excluding hydrogens is 447 g/mol. The Balaban J connectivity index is 1.63. The minimum Gasteiger partial charge on any atom is -0.465 e. The number of rotatable bonds is 4. The van der Waals surface area contributed by atoms with E-state index < -0.39 is 32.7 Å². The van der Waals surface area contributed by atoms with E-state index in [-0.39, 0.29) is 5.56 Å². The van der Waals surface area contributed by atoms with Crippen molar-refractivity contribution in [1.29, 1.82) is 0 Å². The topological polar surface area (TPSA) is 102 Å². The molecule has 164 valence electrons. The van der Waals surface area contributed by atoms with E-state index in [1.165, 1.54) is 0 Å². The molecule has 2 N–H and O–H groups in total. The highest BCUT2D eigenvalue weighted by molar-refractivity contribution is 7.90. The summed E-state index contributed by atoms with van der Waals surface area (Å²) >= 11 is 6.56. The van der Waals surface area contributed by atoms with Crippen molar-refractivity contribution in [3.63, 3.8) is 0 Å². The zero-order chi connectivity index (χ0) is 22.3. The van der Waals surface area contributed by atoms with Crippen LogP contribution in [-0.4, -0.2) is 27.5 Å². The summed E-state index contributed by atoms with van der Waals surface area (Å²) in [5, 5.41) is 3.41. The van der Waals surface area contributed by atoms with E-state index >= 15 is 0 Å². The van der Waals surface area contributed by atoms with Crippen molar-refractivity contribution in [1.82, 2.24) is 4.72 Å². The number of anilines is 1. The molecule has 0 fully saturated rings. The van der Waals surface area contributed by atoms with Crippen molar-refractivity contribution in [2.24, 2.45) is 0 Å². The van der Waals surface area contributed by atoms with Crippen LogP contribution in [0.1, 0.15) is 45.5 Å². The average Bonchev–Trinajstić information content (AvgIpc) is 3.40. The van der Waals surface area contributed by atoms with Crippen molar-refractivity contribution in [2.45, 2.75) is 43.4 Å². The molecule has 2 aromatic rings. The highest BCUT2D eigenvalue weighted by Crippen LogP contribution is 2.44. The molecule has 0 heterocycles. The summed E-state index contributed by atoms with van der Waals surface area (Å²) in [6, 6.07) is 1.75. The normalized spacial score (nSPS) is 14.7. The second-order valence-corrected chi connectivity index (χ2v) is 9.54. The summed E-state index contributed by atoms with van der Waals surface area (Å²) in [6.45, 7) is 0. The number of amides is 2. The van der Waals surface area contributed by atoms with E-state index in [4.69, 9.17) is 11.6 Å². The van der Waals surface area contributed by atoms with Gasteiger partial charge in [0.1, 0.15) is 10.7 Å². The summed E-state index contributed by atoms with van der Waals surface area (Å²) in [5.41, 5.74) is 4.29. The molecule has 2 aliphatic rings. The number of esters is 1. The third-order valence-electron chi connectivity index (χ3n) is 5.68. The lowest BCUT2D eigenvalue weighted by Crippen LogP contribution is -2.35. The number of sulfonamides is 1. The molecule has 2 amide bonds. The van der Waals surface area contributed by atoms with Crippen molar-refractivity contribution < 1.29 is 27.1 Å². The van der Waals surface area contributed by atoms with Gasteiger partial charge in [0.05, 0.1) is 12.7 Å². The van der Waals surface area contributed by atoms with Crippen LogP contribution in [0.2, 0.25) is 5.02 Å². The van der Waals surface area contributed by atoms with Crippen molar-refractivity contribution >= 4 is 39.3 Å². The maximum atomic E-state index is 14.2. The Morgan fingerprint density at radius 1 is 1.03 bits per heavy atom. The number of urea groups is 1. The first-order valence-electron chi connectivity index (χ1n) is 9.79. The minimum atomic E-state index is -4.58. The van der Waals surface area contributed by atoms with E-state index in [9.17, 15) is 22.4 Å². The summed E-state index contributed by atoms with van der Waals surface area (Å²) in [5.74, 6) is -1.92. The number of carbonyl (C=O) groups excluding carboxylic acids is 2. The number of nitrogens with one attached hydrogen (secondary N) is 2. The van der Waals surface area contributed by atoms with Gasteiger partial charge in [-0.2, -0.15) is 0 Å². The molecule has 0 bridgehead atoms. The first-order chi connectivity index (χ1) is 14.7. The second-order valence-electron chi connectivity index (χ2n) is 7.51. The standard InChI is InChI=1S/C21H20ClFN2O5S/c1-30-20(26)11-8-9-16(23)17(10-11)31(28,29)25-21(27)24-19-14-6-2-4-12(14)18(22)13-5-3-7-15(13)19/h8-10H,2-7H2,1H3,(H2,24,25,27). The molecule has 0 atom stereocenters. The van der Waals surface area contributed by atoms with Gasteiger partial charge in [0.25, 0.3) is 10.0 Å². The first-order valence-corrected chi connectivity index (χ1v) is 11.7. The molecule has 0 radical (unpaired) electrons. The van der Waals surface area contributed by atoms with Gasteiger partial charge in [-0.05, 0) is 79.0 Å². The molecule has 2 aliphatic carbocycles. The number of halogens is 2. The van der Waals surface area contributed by atoms with Crippen LogP contribution in [0.4, 0.5) is 14.9 Å². The third kappa shape index (κ3) is 3.87. The van der Waals surface area contributed by atoms with Gasteiger partial charge in [-0.25, -0.2) is 27.1 Å². The van der Waals surface area contributed by atoms with Crippen LogP contribution in [0.15, 0.2) is 23.1 Å². The van der Waals surface area contributed by atoms with Crippen LogP contribution in [0.3, 0.4) is 0 Å². The fourth-order valence-electron chi connectivity index (χ4n) is 4.31. The third-order valence-corrected chi connectivity index (χ3v) is 7.48. The van der Waals surface area contributed by atoms with Crippen LogP contribution >= 0.6 is 11.6 Å². The molecule has 0 saturated carbocycles. The molecule has 0 saturated heterocycles. The number of ether oxygens (including phenoxy) is 1. The quantitative estimate of drug-likeness (QED) is 0.668. The van der Waals surface area contributed by atoms with Gasteiger partial charge >= 0.3 is 12.0 Å². The summed E-state index contributed by atoms with van der Waals surface area (Å²) in [6.07, 6.45) is 4.89. The SMILES string of the molecule is COC(=O)c1ccc(F)c(S(=O)(=O)NC(=O)Nc2c3c(c(Cl)c4c2CCC4)CCC3)c1. The fourth-order valence-corrected chi connectivity index (χ4v) is 5.74. The Hall–Kier alpha value is -2.65. The molecule has 31 heavy (non-hydrogen) atoms. The van der Waals surface area contributed by atoms with Gasteiger partial charge in [-0.3, -0.25) is 0 Å². The monoisotopic (exact) mass is 466 g/mol. The highest BCUT2D eigenvalue weighted by atomic mass is 35.5. The Morgan fingerprint density at radius 3 is 2.19 bits per heavy atom. The van der Waals surface area contributed by atoms with Gasteiger partial charge in [0.15, 0.2) is 0 Å². The highest BCUT2D eigenvalue weighted by Gasteiger charge is 2.30. The zero-order valence-electron chi connectivity index (χ0n) is 16.7. The Bertz CT molecular complexity index is 1180. The lowest BCUT2D eigenvalue weighted by Gasteiger charge is -2.18. The maximum Gasteiger partial charge on any atom is 0.337 e. The van der Waals surface area contributed by atoms with Gasteiger partial charge in [-0.15, -0.1) is 0 Å². The molecule has 0 aromatic heterocycles. The largest absolute Gasteiger partial charge is 0.465 e. The number of methoxy groups -OCH3 is 1. The van der Waals surface area contributed by atoms with E-state index in [0.29, 0.717) is 5.69 Å². The maximum absolute atomic E-state index is 14.2. The number of hydrogen-bond acceptors (Lipinski definition) is 5. The van der Waals surface area contributed by atoms with Crippen LogP contribution < -0.4 is 10.0 Å². The molecule has 0 spiro atoms. The molecule has 10 heteroatoms. The Labute approximate surface area is 184 Å². The van der Waals surface area contributed by atoms with Crippen LogP contribution in [0, 0.1) is 5.82 Å². The average molecular weight is 467 g/mol. The predicted octanol–water partition coefficient (Wildman–Crippen LogP) is 3.75. The van der Waals surface area contributed by atoms with Crippen molar-refractivity contribution in [3.8, 4) is 0 Å². The second kappa shape index (κ2) is 8.12. The van der Waals surface area contributed by atoms with E-state index in [2.05, 4.69) is 10.1 Å². The minimum absolute atomic E-state index is 0.155. The molecule has 0 unspecified atom stereocenters. The number of fused-ring (bicyclic) bond motifs is 2. The van der Waals surface area contributed by atoms with Gasteiger partial charge in [0.2, 0.25) is 0 Å².